The Bertz CT molecular complexity index is 734. The van der Waals surface area contributed by atoms with Crippen LogP contribution in [0.1, 0.15) is 24.3 Å². The van der Waals surface area contributed by atoms with Crippen LogP contribution in [0.25, 0.3) is 11.5 Å². The summed E-state index contributed by atoms with van der Waals surface area (Å²) in [5, 5.41) is 13.0. The Kier molecular flexibility index (Phi) is 5.50. The van der Waals surface area contributed by atoms with Gasteiger partial charge in [0.15, 0.2) is 0 Å². The van der Waals surface area contributed by atoms with Gasteiger partial charge in [-0.3, -0.25) is 9.59 Å². The third-order valence-electron chi connectivity index (χ3n) is 4.24. The molecule has 1 amide bonds. The van der Waals surface area contributed by atoms with E-state index in [0.717, 1.165) is 5.56 Å². The first kappa shape index (κ1) is 17.6. The summed E-state index contributed by atoms with van der Waals surface area (Å²) in [5.74, 6) is -0.201. The monoisotopic (exact) mass is 364 g/mol. The molecule has 3 heterocycles. The summed E-state index contributed by atoms with van der Waals surface area (Å²) in [7, 11) is 0. The van der Waals surface area contributed by atoms with Crippen molar-refractivity contribution in [3.8, 4) is 11.5 Å². The van der Waals surface area contributed by atoms with E-state index >= 15 is 0 Å². The first-order valence-corrected chi connectivity index (χ1v) is 9.06. The summed E-state index contributed by atoms with van der Waals surface area (Å²) >= 11 is 1.54. The van der Waals surface area contributed by atoms with E-state index in [4.69, 9.17) is 14.3 Å². The number of oxazole rings is 1. The molecule has 2 aromatic rings. The molecule has 1 aliphatic rings. The SMILES string of the molecule is Cc1oc(-c2ccsc2)nc1CC(=O)N(CC(=O)O)C1CCOCC1. The lowest BCUT2D eigenvalue weighted by Crippen LogP contribution is -2.46. The Morgan fingerprint density at radius 3 is 2.80 bits per heavy atom. The molecular weight excluding hydrogens is 344 g/mol. The van der Waals surface area contributed by atoms with Crippen molar-refractivity contribution in [2.75, 3.05) is 19.8 Å². The van der Waals surface area contributed by atoms with Gasteiger partial charge in [-0.05, 0) is 31.2 Å². The van der Waals surface area contributed by atoms with Crippen LogP contribution in [0.3, 0.4) is 0 Å². The van der Waals surface area contributed by atoms with Crippen molar-refractivity contribution in [2.45, 2.75) is 32.2 Å². The van der Waals surface area contributed by atoms with Gasteiger partial charge < -0.3 is 19.2 Å². The molecule has 1 N–H and O–H groups in total. The Balaban J connectivity index is 1.75. The molecule has 0 radical (unpaired) electrons. The van der Waals surface area contributed by atoms with Crippen molar-refractivity contribution >= 4 is 23.2 Å². The van der Waals surface area contributed by atoms with Crippen LogP contribution < -0.4 is 0 Å². The van der Waals surface area contributed by atoms with Crippen LogP contribution >= 0.6 is 11.3 Å². The number of aryl methyl sites for hydroxylation is 1. The Morgan fingerprint density at radius 2 is 2.16 bits per heavy atom. The number of carboxylic acid groups (broad SMARTS) is 1. The van der Waals surface area contributed by atoms with Crippen molar-refractivity contribution in [3.05, 3.63) is 28.3 Å². The molecule has 8 heteroatoms. The number of carboxylic acids is 1. The average Bonchev–Trinajstić information content (AvgIpc) is 3.23. The number of aromatic nitrogens is 1. The lowest BCUT2D eigenvalue weighted by Gasteiger charge is -2.33. The maximum atomic E-state index is 12.7. The van der Waals surface area contributed by atoms with E-state index in [-0.39, 0.29) is 24.9 Å². The maximum Gasteiger partial charge on any atom is 0.323 e. The molecule has 1 aliphatic heterocycles. The van der Waals surface area contributed by atoms with Gasteiger partial charge >= 0.3 is 5.97 Å². The summed E-state index contributed by atoms with van der Waals surface area (Å²) in [6.07, 6.45) is 1.33. The minimum Gasteiger partial charge on any atom is -0.480 e. The highest BCUT2D eigenvalue weighted by molar-refractivity contribution is 7.08. The van der Waals surface area contributed by atoms with Gasteiger partial charge in [0, 0.05) is 30.2 Å². The lowest BCUT2D eigenvalue weighted by molar-refractivity contribution is -0.147. The van der Waals surface area contributed by atoms with E-state index in [0.29, 0.717) is 43.4 Å². The van der Waals surface area contributed by atoms with E-state index in [1.807, 2.05) is 16.8 Å². The van der Waals surface area contributed by atoms with Gasteiger partial charge in [0.1, 0.15) is 12.3 Å². The number of rotatable bonds is 6. The number of thiophene rings is 1. The molecule has 1 fully saturated rings. The highest BCUT2D eigenvalue weighted by Gasteiger charge is 2.28. The van der Waals surface area contributed by atoms with Crippen molar-refractivity contribution in [3.63, 3.8) is 0 Å². The Labute approximate surface area is 149 Å². The van der Waals surface area contributed by atoms with Gasteiger partial charge in [-0.2, -0.15) is 11.3 Å². The normalized spacial score (nSPS) is 15.2. The minimum absolute atomic E-state index is 0.0319. The molecule has 3 rings (SSSR count). The number of hydrogen-bond acceptors (Lipinski definition) is 6. The molecule has 2 aromatic heterocycles. The standard InChI is InChI=1S/C17H20N2O5S/c1-11-14(18-17(24-11)12-4-7-25-10-12)8-15(20)19(9-16(21)22)13-2-5-23-6-3-13/h4,7,10,13H,2-3,5-6,8-9H2,1H3,(H,21,22). The molecule has 0 spiro atoms. The topological polar surface area (TPSA) is 92.9 Å². The van der Waals surface area contributed by atoms with E-state index < -0.39 is 5.97 Å². The Hall–Kier alpha value is -2.19. The molecule has 25 heavy (non-hydrogen) atoms. The molecule has 0 unspecified atom stereocenters. The van der Waals surface area contributed by atoms with Crippen molar-refractivity contribution in [1.82, 2.24) is 9.88 Å². The van der Waals surface area contributed by atoms with Gasteiger partial charge in [-0.1, -0.05) is 0 Å². The second-order valence-corrected chi connectivity index (χ2v) is 6.75. The number of nitrogens with zero attached hydrogens (tertiary/aromatic N) is 2. The molecule has 134 valence electrons. The predicted octanol–water partition coefficient (Wildman–Crippen LogP) is 2.35. The molecule has 7 nitrogen and oxygen atoms in total. The second-order valence-electron chi connectivity index (χ2n) is 5.97. The van der Waals surface area contributed by atoms with Crippen molar-refractivity contribution < 1.29 is 23.8 Å². The number of ether oxygens (including phenoxy) is 1. The Morgan fingerprint density at radius 1 is 1.40 bits per heavy atom. The lowest BCUT2D eigenvalue weighted by atomic mass is 10.1. The fourth-order valence-corrected chi connectivity index (χ4v) is 3.54. The highest BCUT2D eigenvalue weighted by atomic mass is 32.1. The summed E-state index contributed by atoms with van der Waals surface area (Å²) in [6, 6.07) is 1.79. The van der Waals surface area contributed by atoms with Crippen LogP contribution in [0.4, 0.5) is 0 Å². The van der Waals surface area contributed by atoms with Gasteiger partial charge in [-0.25, -0.2) is 4.98 Å². The molecular formula is C17H20N2O5S. The molecule has 0 aliphatic carbocycles. The van der Waals surface area contributed by atoms with Gasteiger partial charge in [0.2, 0.25) is 11.8 Å². The van der Waals surface area contributed by atoms with E-state index in [9.17, 15) is 9.59 Å². The van der Waals surface area contributed by atoms with Crippen molar-refractivity contribution in [2.24, 2.45) is 0 Å². The zero-order chi connectivity index (χ0) is 17.8. The number of carbonyl (C=O) groups excluding carboxylic acids is 1. The van der Waals surface area contributed by atoms with Crippen LogP contribution in [0.5, 0.6) is 0 Å². The summed E-state index contributed by atoms with van der Waals surface area (Å²) in [5.41, 5.74) is 1.42. The van der Waals surface area contributed by atoms with Gasteiger partial charge in [0.05, 0.1) is 12.1 Å². The maximum absolute atomic E-state index is 12.7. The van der Waals surface area contributed by atoms with Crippen LogP contribution in [0.2, 0.25) is 0 Å². The summed E-state index contributed by atoms with van der Waals surface area (Å²) < 4.78 is 11.0. The first-order valence-electron chi connectivity index (χ1n) is 8.12. The number of hydrogen-bond donors (Lipinski definition) is 1. The zero-order valence-electron chi connectivity index (χ0n) is 13.9. The molecule has 1 saturated heterocycles. The molecule has 0 saturated carbocycles. The third kappa shape index (κ3) is 4.26. The van der Waals surface area contributed by atoms with Crippen LogP contribution in [-0.4, -0.2) is 52.7 Å². The number of amides is 1. The smallest absolute Gasteiger partial charge is 0.323 e. The number of aliphatic carboxylic acids is 1. The van der Waals surface area contributed by atoms with Gasteiger partial charge in [-0.15, -0.1) is 0 Å². The van der Waals surface area contributed by atoms with Gasteiger partial charge in [0.25, 0.3) is 0 Å². The van der Waals surface area contributed by atoms with Crippen LogP contribution in [0, 0.1) is 6.92 Å². The highest BCUT2D eigenvalue weighted by Crippen LogP contribution is 2.25. The molecule has 0 aromatic carbocycles. The first-order chi connectivity index (χ1) is 12.0. The van der Waals surface area contributed by atoms with Crippen molar-refractivity contribution in [1.29, 1.82) is 0 Å². The quantitative estimate of drug-likeness (QED) is 0.846. The fourth-order valence-electron chi connectivity index (χ4n) is 2.91. The van der Waals surface area contributed by atoms with E-state index in [1.54, 1.807) is 18.3 Å². The second kappa shape index (κ2) is 7.79. The van der Waals surface area contributed by atoms with Crippen LogP contribution in [-0.2, 0) is 20.7 Å². The van der Waals surface area contributed by atoms with E-state index in [2.05, 4.69) is 4.98 Å². The summed E-state index contributed by atoms with van der Waals surface area (Å²) in [4.78, 5) is 29.8. The molecule has 0 atom stereocenters. The van der Waals surface area contributed by atoms with E-state index in [1.165, 1.54) is 4.90 Å². The zero-order valence-corrected chi connectivity index (χ0v) is 14.8. The number of carbonyl (C=O) groups is 2. The predicted molar refractivity (Wildman–Crippen MR) is 91.4 cm³/mol. The van der Waals surface area contributed by atoms with Crippen LogP contribution in [0.15, 0.2) is 21.2 Å². The average molecular weight is 364 g/mol. The summed E-state index contributed by atoms with van der Waals surface area (Å²) in [6.45, 7) is 2.54. The largest absolute Gasteiger partial charge is 0.480 e. The fraction of sp³-hybridized carbons (Fsp3) is 0.471. The molecule has 0 bridgehead atoms. The minimum atomic E-state index is -1.02. The third-order valence-corrected chi connectivity index (χ3v) is 4.92.